The highest BCUT2D eigenvalue weighted by Gasteiger charge is 2.28. The van der Waals surface area contributed by atoms with Crippen molar-refractivity contribution in [1.82, 2.24) is 10.1 Å². The smallest absolute Gasteiger partial charge is 0.358 e. The van der Waals surface area contributed by atoms with Crippen molar-refractivity contribution in [3.63, 3.8) is 0 Å². The van der Waals surface area contributed by atoms with Gasteiger partial charge >= 0.3 is 5.97 Å². The van der Waals surface area contributed by atoms with Gasteiger partial charge in [-0.15, -0.1) is 0 Å². The minimum atomic E-state index is -1.09. The minimum Gasteiger partial charge on any atom is -0.476 e. The second kappa shape index (κ2) is 4.46. The summed E-state index contributed by atoms with van der Waals surface area (Å²) in [5.41, 5.74) is -0.753. The predicted molar refractivity (Wildman–Crippen MR) is 58.6 cm³/mol. The van der Waals surface area contributed by atoms with Crippen LogP contribution in [0.4, 0.5) is 0 Å². The van der Waals surface area contributed by atoms with E-state index in [9.17, 15) is 9.90 Å². The molecule has 2 heterocycles. The minimum absolute atomic E-state index is 0.0798. The number of aromatic nitrogens is 1. The van der Waals surface area contributed by atoms with Gasteiger partial charge in [-0.25, -0.2) is 4.79 Å². The van der Waals surface area contributed by atoms with Crippen molar-refractivity contribution in [3.05, 3.63) is 17.5 Å². The van der Waals surface area contributed by atoms with Crippen LogP contribution in [0.25, 0.3) is 0 Å². The highest BCUT2D eigenvalue weighted by Crippen LogP contribution is 2.21. The van der Waals surface area contributed by atoms with Crippen molar-refractivity contribution in [1.29, 1.82) is 0 Å². The van der Waals surface area contributed by atoms with Crippen LogP contribution in [0.15, 0.2) is 10.6 Å². The molecule has 2 N–H and O–H groups in total. The van der Waals surface area contributed by atoms with Crippen LogP contribution in [0.5, 0.6) is 0 Å². The molecular weight excluding hydrogens is 224 g/mol. The lowest BCUT2D eigenvalue weighted by molar-refractivity contribution is -0.0202. The van der Waals surface area contributed by atoms with E-state index in [0.29, 0.717) is 18.8 Å². The first-order valence-electron chi connectivity index (χ1n) is 5.60. The summed E-state index contributed by atoms with van der Waals surface area (Å²) >= 11 is 0. The fourth-order valence-electron chi connectivity index (χ4n) is 2.17. The molecule has 2 rings (SSSR count). The monoisotopic (exact) mass is 240 g/mol. The van der Waals surface area contributed by atoms with Crippen LogP contribution in [0.2, 0.25) is 0 Å². The molecule has 1 atom stereocenters. The van der Waals surface area contributed by atoms with Gasteiger partial charge in [0.2, 0.25) is 0 Å². The summed E-state index contributed by atoms with van der Waals surface area (Å²) in [6.45, 7) is 3.73. The Balaban J connectivity index is 1.98. The lowest BCUT2D eigenvalue weighted by Crippen LogP contribution is -2.45. The third kappa shape index (κ3) is 3.04. The largest absolute Gasteiger partial charge is 0.476 e. The second-order valence-electron chi connectivity index (χ2n) is 4.79. The van der Waals surface area contributed by atoms with Gasteiger partial charge in [-0.1, -0.05) is 5.16 Å². The number of rotatable bonds is 3. The molecule has 1 aromatic rings. The van der Waals surface area contributed by atoms with Gasteiger partial charge in [0, 0.05) is 12.6 Å². The molecule has 1 aliphatic heterocycles. The van der Waals surface area contributed by atoms with Crippen LogP contribution in [-0.4, -0.2) is 44.9 Å². The molecule has 6 heteroatoms. The molecule has 0 radical (unpaired) electrons. The first-order chi connectivity index (χ1) is 7.96. The van der Waals surface area contributed by atoms with E-state index in [-0.39, 0.29) is 5.69 Å². The Labute approximate surface area is 98.8 Å². The number of hydrogen-bond acceptors (Lipinski definition) is 5. The van der Waals surface area contributed by atoms with Gasteiger partial charge in [0.25, 0.3) is 0 Å². The van der Waals surface area contributed by atoms with Crippen LogP contribution in [0.3, 0.4) is 0 Å². The first-order valence-corrected chi connectivity index (χ1v) is 5.60. The lowest BCUT2D eigenvalue weighted by Gasteiger charge is -2.36. The Morgan fingerprint density at radius 2 is 2.47 bits per heavy atom. The Morgan fingerprint density at radius 3 is 3.06 bits per heavy atom. The molecule has 0 aromatic carbocycles. The van der Waals surface area contributed by atoms with Gasteiger partial charge < -0.3 is 14.7 Å². The summed E-state index contributed by atoms with van der Waals surface area (Å²) in [5, 5.41) is 22.1. The molecule has 0 saturated carbocycles. The molecule has 0 aliphatic carbocycles. The fourth-order valence-corrected chi connectivity index (χ4v) is 2.17. The zero-order valence-electron chi connectivity index (χ0n) is 9.72. The molecular formula is C11H16N2O4. The summed E-state index contributed by atoms with van der Waals surface area (Å²) in [6.07, 6.45) is 1.72. The van der Waals surface area contributed by atoms with Gasteiger partial charge in [0.05, 0.1) is 12.1 Å². The second-order valence-corrected chi connectivity index (χ2v) is 4.79. The van der Waals surface area contributed by atoms with Crippen molar-refractivity contribution >= 4 is 5.97 Å². The van der Waals surface area contributed by atoms with E-state index < -0.39 is 11.6 Å². The number of aliphatic hydroxyl groups is 1. The van der Waals surface area contributed by atoms with E-state index >= 15 is 0 Å². The molecule has 6 nitrogen and oxygen atoms in total. The van der Waals surface area contributed by atoms with Gasteiger partial charge in [-0.05, 0) is 26.3 Å². The number of carboxylic acid groups (broad SMARTS) is 1. The average Bonchev–Trinajstić information content (AvgIpc) is 2.64. The maximum absolute atomic E-state index is 10.6. The van der Waals surface area contributed by atoms with E-state index in [1.165, 1.54) is 6.07 Å². The molecule has 1 unspecified atom stereocenters. The molecule has 1 fully saturated rings. The van der Waals surface area contributed by atoms with Crippen LogP contribution < -0.4 is 0 Å². The molecule has 0 bridgehead atoms. The summed E-state index contributed by atoms with van der Waals surface area (Å²) in [4.78, 5) is 12.7. The molecule has 1 aromatic heterocycles. The van der Waals surface area contributed by atoms with E-state index in [1.807, 2.05) is 11.8 Å². The van der Waals surface area contributed by atoms with Gasteiger partial charge in [0.15, 0.2) is 11.5 Å². The van der Waals surface area contributed by atoms with Gasteiger partial charge in [-0.3, -0.25) is 4.90 Å². The highest BCUT2D eigenvalue weighted by atomic mass is 16.5. The van der Waals surface area contributed by atoms with Crippen molar-refractivity contribution in [2.75, 3.05) is 13.1 Å². The van der Waals surface area contributed by atoms with Gasteiger partial charge in [-0.2, -0.15) is 0 Å². The molecule has 17 heavy (non-hydrogen) atoms. The number of hydrogen-bond donors (Lipinski definition) is 2. The Hall–Kier alpha value is -1.40. The standard InChI is InChI=1S/C11H16N2O4/c1-11(16)3-2-4-13(7-11)6-8-5-9(10(14)15)12-17-8/h5,16H,2-4,6-7H2,1H3,(H,14,15). The SMILES string of the molecule is CC1(O)CCCN(Cc2cc(C(=O)O)no2)C1. The molecule has 0 amide bonds. The number of aromatic carboxylic acids is 1. The van der Waals surface area contributed by atoms with E-state index in [1.54, 1.807) is 0 Å². The van der Waals surface area contributed by atoms with E-state index in [0.717, 1.165) is 19.4 Å². The van der Waals surface area contributed by atoms with Crippen LogP contribution >= 0.6 is 0 Å². The number of β-amino-alcohol motifs (C(OH)–C–C–N with tert-alkyl or cyclic N) is 1. The maximum atomic E-state index is 10.6. The van der Waals surface area contributed by atoms with Crippen molar-refractivity contribution in [2.45, 2.75) is 31.9 Å². The highest BCUT2D eigenvalue weighted by molar-refractivity contribution is 5.85. The maximum Gasteiger partial charge on any atom is 0.358 e. The summed E-state index contributed by atoms with van der Waals surface area (Å²) in [7, 11) is 0. The predicted octanol–water partition coefficient (Wildman–Crippen LogP) is 0.720. The number of carbonyl (C=O) groups is 1. The molecule has 1 saturated heterocycles. The Bertz CT molecular complexity index is 413. The number of nitrogens with zero attached hydrogens (tertiary/aromatic N) is 2. The zero-order chi connectivity index (χ0) is 12.5. The normalized spacial score (nSPS) is 26.0. The molecule has 94 valence electrons. The Morgan fingerprint density at radius 1 is 1.71 bits per heavy atom. The lowest BCUT2D eigenvalue weighted by atomic mass is 9.95. The van der Waals surface area contributed by atoms with Gasteiger partial charge in [0.1, 0.15) is 0 Å². The van der Waals surface area contributed by atoms with Crippen molar-refractivity contribution in [2.24, 2.45) is 0 Å². The molecule has 1 aliphatic rings. The summed E-state index contributed by atoms with van der Waals surface area (Å²) < 4.78 is 4.94. The summed E-state index contributed by atoms with van der Waals surface area (Å²) in [5.74, 6) is -0.578. The number of carboxylic acids is 1. The van der Waals surface area contributed by atoms with Crippen molar-refractivity contribution in [3.8, 4) is 0 Å². The van der Waals surface area contributed by atoms with E-state index in [4.69, 9.17) is 9.63 Å². The van der Waals surface area contributed by atoms with Crippen LogP contribution in [-0.2, 0) is 6.54 Å². The topological polar surface area (TPSA) is 86.8 Å². The Kier molecular flexibility index (Phi) is 3.17. The van der Waals surface area contributed by atoms with Crippen molar-refractivity contribution < 1.29 is 19.5 Å². The number of piperidine rings is 1. The third-order valence-corrected chi connectivity index (χ3v) is 2.91. The fraction of sp³-hybridized carbons (Fsp3) is 0.636. The average molecular weight is 240 g/mol. The third-order valence-electron chi connectivity index (χ3n) is 2.91. The zero-order valence-corrected chi connectivity index (χ0v) is 9.72. The number of likely N-dealkylation sites (tertiary alicyclic amines) is 1. The molecule has 0 spiro atoms. The van der Waals surface area contributed by atoms with Crippen LogP contribution in [0.1, 0.15) is 36.0 Å². The summed E-state index contributed by atoms with van der Waals surface area (Å²) in [6, 6.07) is 1.42. The van der Waals surface area contributed by atoms with E-state index in [2.05, 4.69) is 5.16 Å². The quantitative estimate of drug-likeness (QED) is 0.809. The van der Waals surface area contributed by atoms with Crippen LogP contribution in [0, 0.1) is 0 Å². The first kappa shape index (κ1) is 12.1.